The zero-order chi connectivity index (χ0) is 23.1. The molecule has 32 heavy (non-hydrogen) atoms. The van der Waals surface area contributed by atoms with Crippen LogP contribution in [0.5, 0.6) is 5.75 Å². The van der Waals surface area contributed by atoms with Crippen LogP contribution < -0.4 is 15.8 Å². The molecule has 1 aromatic heterocycles. The number of nitrogens with two attached hydrogens (primary N) is 1. The van der Waals surface area contributed by atoms with Gasteiger partial charge in [-0.05, 0) is 42.0 Å². The molecule has 0 aliphatic carbocycles. The van der Waals surface area contributed by atoms with E-state index in [1.807, 2.05) is 12.1 Å². The number of nitrogens with one attached hydrogen (secondary N) is 1. The second kappa shape index (κ2) is 10.8. The molecule has 9 heteroatoms. The fourth-order valence-electron chi connectivity index (χ4n) is 3.01. The Labute approximate surface area is 195 Å². The maximum absolute atomic E-state index is 12.5. The Morgan fingerprint density at radius 1 is 1.03 bits per heavy atom. The van der Waals surface area contributed by atoms with Crippen LogP contribution in [0.15, 0.2) is 60.7 Å². The summed E-state index contributed by atoms with van der Waals surface area (Å²) in [6.07, 6.45) is 0.682. The Bertz CT molecular complexity index is 1090. The van der Waals surface area contributed by atoms with Gasteiger partial charge in [0.05, 0.1) is 22.2 Å². The number of nitrogen functional groups attached to an aromatic ring is 1. The number of anilines is 1. The Morgan fingerprint density at radius 2 is 1.69 bits per heavy atom. The topological polar surface area (TPSA) is 115 Å². The van der Waals surface area contributed by atoms with Gasteiger partial charge in [0.1, 0.15) is 17.6 Å². The van der Waals surface area contributed by atoms with Gasteiger partial charge >= 0.3 is 5.97 Å². The lowest BCUT2D eigenvalue weighted by Gasteiger charge is -2.16. The molecule has 0 radical (unpaired) electrons. The molecule has 0 bridgehead atoms. The van der Waals surface area contributed by atoms with Crippen molar-refractivity contribution in [1.82, 2.24) is 10.3 Å². The molecule has 1 heterocycles. The number of aromatic nitrogens is 1. The van der Waals surface area contributed by atoms with Crippen molar-refractivity contribution in [2.75, 3.05) is 12.3 Å². The van der Waals surface area contributed by atoms with Crippen LogP contribution in [-0.2, 0) is 17.6 Å². The second-order valence-corrected chi connectivity index (χ2v) is 7.78. The van der Waals surface area contributed by atoms with E-state index < -0.39 is 17.9 Å². The van der Waals surface area contributed by atoms with E-state index in [0.717, 1.165) is 5.69 Å². The lowest BCUT2D eigenvalue weighted by molar-refractivity contribution is -0.139. The van der Waals surface area contributed by atoms with E-state index in [0.29, 0.717) is 30.2 Å². The molecular weight excluding hydrogens is 453 g/mol. The summed E-state index contributed by atoms with van der Waals surface area (Å²) in [6, 6.07) is 15.9. The van der Waals surface area contributed by atoms with Crippen molar-refractivity contribution in [2.45, 2.75) is 18.9 Å². The molecule has 1 atom stereocenters. The van der Waals surface area contributed by atoms with E-state index in [1.54, 1.807) is 36.4 Å². The van der Waals surface area contributed by atoms with Gasteiger partial charge < -0.3 is 20.9 Å². The number of rotatable bonds is 9. The largest absolute Gasteiger partial charge is 0.493 e. The SMILES string of the molecule is Nc1cccc(CCOc2ccc(C[C@H](NC(=O)c3c(Cl)cccc3Cl)C(=O)O)cc2)n1. The lowest BCUT2D eigenvalue weighted by Crippen LogP contribution is -2.42. The van der Waals surface area contributed by atoms with E-state index in [2.05, 4.69) is 10.3 Å². The Kier molecular flexibility index (Phi) is 7.92. The third-order valence-electron chi connectivity index (χ3n) is 4.61. The van der Waals surface area contributed by atoms with E-state index in [1.165, 1.54) is 12.1 Å². The second-order valence-electron chi connectivity index (χ2n) is 6.96. The van der Waals surface area contributed by atoms with Gasteiger partial charge in [-0.1, -0.05) is 47.5 Å². The number of pyridine rings is 1. The smallest absolute Gasteiger partial charge is 0.326 e. The monoisotopic (exact) mass is 473 g/mol. The minimum Gasteiger partial charge on any atom is -0.493 e. The number of amides is 1. The van der Waals surface area contributed by atoms with E-state index in [-0.39, 0.29) is 22.0 Å². The summed E-state index contributed by atoms with van der Waals surface area (Å²) in [7, 11) is 0. The molecule has 0 unspecified atom stereocenters. The maximum atomic E-state index is 12.5. The van der Waals surface area contributed by atoms with Crippen LogP contribution in [0.3, 0.4) is 0 Å². The number of halogens is 2. The number of carboxylic acids is 1. The quantitative estimate of drug-likeness (QED) is 0.432. The normalized spacial score (nSPS) is 11.6. The molecule has 3 aromatic rings. The van der Waals surface area contributed by atoms with Crippen LogP contribution in [0.25, 0.3) is 0 Å². The minimum atomic E-state index is -1.17. The summed E-state index contributed by atoms with van der Waals surface area (Å²) < 4.78 is 5.71. The molecule has 3 rings (SSSR count). The zero-order valence-electron chi connectivity index (χ0n) is 16.9. The summed E-state index contributed by atoms with van der Waals surface area (Å²) in [6.45, 7) is 0.419. The fraction of sp³-hybridized carbons (Fsp3) is 0.174. The molecule has 0 aliphatic rings. The number of carbonyl (C=O) groups excluding carboxylic acids is 1. The summed E-state index contributed by atoms with van der Waals surface area (Å²) in [5.41, 5.74) is 7.26. The van der Waals surface area contributed by atoms with Gasteiger partial charge in [0.25, 0.3) is 5.91 Å². The molecular formula is C23H21Cl2N3O4. The number of nitrogens with zero attached hydrogens (tertiary/aromatic N) is 1. The van der Waals surface area contributed by atoms with Crippen LogP contribution in [0.2, 0.25) is 10.0 Å². The van der Waals surface area contributed by atoms with Crippen molar-refractivity contribution in [1.29, 1.82) is 0 Å². The number of ether oxygens (including phenoxy) is 1. The number of carboxylic acid groups (broad SMARTS) is 1. The van der Waals surface area contributed by atoms with E-state index in [9.17, 15) is 14.7 Å². The van der Waals surface area contributed by atoms with Crippen molar-refractivity contribution in [3.63, 3.8) is 0 Å². The highest BCUT2D eigenvalue weighted by Gasteiger charge is 2.23. The van der Waals surface area contributed by atoms with Crippen LogP contribution in [0.4, 0.5) is 5.82 Å². The third-order valence-corrected chi connectivity index (χ3v) is 5.24. The Hall–Kier alpha value is -3.29. The van der Waals surface area contributed by atoms with Gasteiger partial charge in [-0.3, -0.25) is 4.79 Å². The first-order chi connectivity index (χ1) is 15.3. The Balaban J connectivity index is 1.58. The first kappa shape index (κ1) is 23.4. The van der Waals surface area contributed by atoms with Crippen LogP contribution >= 0.6 is 23.2 Å². The molecule has 0 saturated heterocycles. The van der Waals surface area contributed by atoms with Gasteiger partial charge in [-0.2, -0.15) is 0 Å². The molecule has 166 valence electrons. The van der Waals surface area contributed by atoms with Crippen molar-refractivity contribution >= 4 is 40.9 Å². The molecule has 0 saturated carbocycles. The van der Waals surface area contributed by atoms with Crippen molar-refractivity contribution in [3.05, 3.63) is 87.5 Å². The average Bonchev–Trinajstić information content (AvgIpc) is 2.74. The van der Waals surface area contributed by atoms with Crippen LogP contribution in [0, 0.1) is 0 Å². The zero-order valence-corrected chi connectivity index (χ0v) is 18.4. The first-order valence-electron chi connectivity index (χ1n) is 9.74. The lowest BCUT2D eigenvalue weighted by atomic mass is 10.1. The Morgan fingerprint density at radius 3 is 2.31 bits per heavy atom. The van der Waals surface area contributed by atoms with Crippen LogP contribution in [0.1, 0.15) is 21.6 Å². The van der Waals surface area contributed by atoms with Gasteiger partial charge in [-0.15, -0.1) is 0 Å². The van der Waals surface area contributed by atoms with Gasteiger partial charge in [-0.25, -0.2) is 9.78 Å². The van der Waals surface area contributed by atoms with Crippen LogP contribution in [-0.4, -0.2) is 34.6 Å². The number of hydrogen-bond donors (Lipinski definition) is 3. The minimum absolute atomic E-state index is 0.0421. The van der Waals surface area contributed by atoms with E-state index in [4.69, 9.17) is 33.7 Å². The predicted molar refractivity (Wildman–Crippen MR) is 123 cm³/mol. The summed E-state index contributed by atoms with van der Waals surface area (Å²) in [5.74, 6) is -0.722. The number of hydrogen-bond acceptors (Lipinski definition) is 5. The van der Waals surface area contributed by atoms with Gasteiger partial charge in [0.15, 0.2) is 0 Å². The highest BCUT2D eigenvalue weighted by Crippen LogP contribution is 2.24. The molecule has 4 N–H and O–H groups in total. The van der Waals surface area contributed by atoms with Gasteiger partial charge in [0, 0.05) is 18.5 Å². The molecule has 2 aromatic carbocycles. The molecule has 1 amide bonds. The first-order valence-corrected chi connectivity index (χ1v) is 10.5. The molecule has 0 spiro atoms. The number of aliphatic carboxylic acids is 1. The summed E-state index contributed by atoms with van der Waals surface area (Å²) >= 11 is 12.1. The van der Waals surface area contributed by atoms with E-state index >= 15 is 0 Å². The maximum Gasteiger partial charge on any atom is 0.326 e. The molecule has 0 aliphatic heterocycles. The van der Waals surface area contributed by atoms with Crippen molar-refractivity contribution < 1.29 is 19.4 Å². The van der Waals surface area contributed by atoms with Crippen molar-refractivity contribution in [2.24, 2.45) is 0 Å². The summed E-state index contributed by atoms with van der Waals surface area (Å²) in [4.78, 5) is 28.4. The predicted octanol–water partition coefficient (Wildman–Crippen LogP) is 4.02. The van der Waals surface area contributed by atoms with Gasteiger partial charge in [0.2, 0.25) is 0 Å². The molecule has 7 nitrogen and oxygen atoms in total. The number of benzene rings is 2. The fourth-order valence-corrected chi connectivity index (χ4v) is 3.58. The summed E-state index contributed by atoms with van der Waals surface area (Å²) in [5, 5.41) is 12.3. The average molecular weight is 474 g/mol. The number of carbonyl (C=O) groups is 2. The third kappa shape index (κ3) is 6.35. The standard InChI is InChI=1S/C23H21Cl2N3O4/c24-17-4-2-5-18(25)21(17)22(29)28-19(23(30)31)13-14-7-9-16(10-8-14)32-12-11-15-3-1-6-20(26)27-15/h1-10,19H,11-13H2,(H2,26,27)(H,28,29)(H,30,31)/t19-/m0/s1. The highest BCUT2D eigenvalue weighted by molar-refractivity contribution is 6.39. The highest BCUT2D eigenvalue weighted by atomic mass is 35.5. The van der Waals surface area contributed by atoms with Crippen molar-refractivity contribution in [3.8, 4) is 5.75 Å². The molecule has 0 fully saturated rings.